The lowest BCUT2D eigenvalue weighted by molar-refractivity contribution is 0.0592. The molecule has 1 aromatic heterocycles. The molecular weight excluding hydrogens is 268 g/mol. The molecular formula is C15H16N4O2. The molecule has 3 rings (SSSR count). The molecule has 0 saturated heterocycles. The first-order valence-corrected chi connectivity index (χ1v) is 6.79. The minimum absolute atomic E-state index is 0.327. The molecule has 0 atom stereocenters. The van der Waals surface area contributed by atoms with Gasteiger partial charge in [0.1, 0.15) is 0 Å². The lowest BCUT2D eigenvalue weighted by atomic mass is 10.1. The van der Waals surface area contributed by atoms with Crippen LogP contribution in [-0.4, -0.2) is 29.6 Å². The van der Waals surface area contributed by atoms with Gasteiger partial charge < -0.3 is 15.4 Å². The third-order valence-electron chi connectivity index (χ3n) is 3.34. The highest BCUT2D eigenvalue weighted by molar-refractivity contribution is 5.89. The monoisotopic (exact) mass is 284 g/mol. The van der Waals surface area contributed by atoms with E-state index in [4.69, 9.17) is 4.74 Å². The lowest BCUT2D eigenvalue weighted by Crippen LogP contribution is -2.28. The Balaban J connectivity index is 2.00. The van der Waals surface area contributed by atoms with Gasteiger partial charge in [0.25, 0.3) is 0 Å². The van der Waals surface area contributed by atoms with Gasteiger partial charge in [0, 0.05) is 30.8 Å². The van der Waals surface area contributed by atoms with E-state index in [0.29, 0.717) is 18.2 Å². The molecule has 0 radical (unpaired) electrons. The van der Waals surface area contributed by atoms with Crippen LogP contribution < -0.4 is 10.6 Å². The summed E-state index contributed by atoms with van der Waals surface area (Å²) in [6.45, 7) is 1.43. The van der Waals surface area contributed by atoms with Gasteiger partial charge in [-0.1, -0.05) is 18.2 Å². The number of nitrogens with zero attached hydrogens (tertiary/aromatic N) is 2. The number of ether oxygens (including phenoxy) is 1. The van der Waals surface area contributed by atoms with Crippen molar-refractivity contribution in [3.63, 3.8) is 0 Å². The zero-order valence-corrected chi connectivity index (χ0v) is 11.7. The Morgan fingerprint density at radius 2 is 2.10 bits per heavy atom. The summed E-state index contributed by atoms with van der Waals surface area (Å²) in [5, 5.41) is 6.34. The number of methoxy groups -OCH3 is 1. The van der Waals surface area contributed by atoms with E-state index in [0.717, 1.165) is 29.9 Å². The van der Waals surface area contributed by atoms with E-state index in [1.807, 2.05) is 30.3 Å². The Morgan fingerprint density at radius 1 is 1.29 bits per heavy atom. The van der Waals surface area contributed by atoms with Crippen molar-refractivity contribution in [1.29, 1.82) is 0 Å². The van der Waals surface area contributed by atoms with E-state index in [1.54, 1.807) is 0 Å². The highest BCUT2D eigenvalue weighted by Gasteiger charge is 2.22. The number of nitrogens with one attached hydrogen (secondary N) is 2. The zero-order valence-electron chi connectivity index (χ0n) is 11.7. The van der Waals surface area contributed by atoms with Gasteiger partial charge >= 0.3 is 5.97 Å². The number of fused-ring (bicyclic) bond motifs is 1. The topological polar surface area (TPSA) is 76.1 Å². The number of hydrogen-bond acceptors (Lipinski definition) is 6. The Hall–Kier alpha value is -2.47. The van der Waals surface area contributed by atoms with Crippen LogP contribution in [0.15, 0.2) is 30.3 Å². The molecule has 2 aromatic rings. The molecule has 1 aliphatic heterocycles. The fraction of sp³-hybridized carbons (Fsp3) is 0.267. The maximum atomic E-state index is 11.9. The molecule has 0 bridgehead atoms. The fourth-order valence-electron chi connectivity index (χ4n) is 2.32. The van der Waals surface area contributed by atoms with E-state index in [-0.39, 0.29) is 0 Å². The number of carbonyl (C=O) groups is 1. The van der Waals surface area contributed by atoms with Crippen molar-refractivity contribution < 1.29 is 9.53 Å². The summed E-state index contributed by atoms with van der Waals surface area (Å²) in [5.74, 6) is -0.0179. The van der Waals surface area contributed by atoms with Crippen LogP contribution in [0, 0.1) is 0 Å². The summed E-state index contributed by atoms with van der Waals surface area (Å²) in [6.07, 6.45) is 0.769. The molecule has 21 heavy (non-hydrogen) atoms. The summed E-state index contributed by atoms with van der Waals surface area (Å²) in [5.41, 5.74) is 2.92. The van der Waals surface area contributed by atoms with E-state index < -0.39 is 5.97 Å². The van der Waals surface area contributed by atoms with Crippen molar-refractivity contribution in [2.24, 2.45) is 0 Å². The average molecular weight is 284 g/mol. The summed E-state index contributed by atoms with van der Waals surface area (Å²) in [4.78, 5) is 20.8. The van der Waals surface area contributed by atoms with Gasteiger partial charge in [-0.05, 0) is 12.1 Å². The third-order valence-corrected chi connectivity index (χ3v) is 3.34. The molecule has 0 unspecified atom stereocenters. The highest BCUT2D eigenvalue weighted by Crippen LogP contribution is 2.20. The van der Waals surface area contributed by atoms with Crippen molar-refractivity contribution in [1.82, 2.24) is 15.3 Å². The number of carbonyl (C=O) groups excluding carboxylic acids is 1. The van der Waals surface area contributed by atoms with Gasteiger partial charge in [0.15, 0.2) is 5.69 Å². The number of benzene rings is 1. The zero-order chi connectivity index (χ0) is 14.7. The third kappa shape index (κ3) is 2.85. The second-order valence-electron chi connectivity index (χ2n) is 4.73. The molecule has 2 N–H and O–H groups in total. The first-order valence-electron chi connectivity index (χ1n) is 6.79. The highest BCUT2D eigenvalue weighted by atomic mass is 16.5. The molecule has 1 aliphatic rings. The molecule has 0 saturated carbocycles. The van der Waals surface area contributed by atoms with Gasteiger partial charge in [-0.15, -0.1) is 0 Å². The number of hydrogen-bond donors (Lipinski definition) is 2. The van der Waals surface area contributed by atoms with Crippen LogP contribution in [0.5, 0.6) is 0 Å². The van der Waals surface area contributed by atoms with Crippen molar-refractivity contribution in [3.8, 4) is 0 Å². The fourth-order valence-corrected chi connectivity index (χ4v) is 2.32. The second kappa shape index (κ2) is 5.88. The van der Waals surface area contributed by atoms with Gasteiger partial charge in [0.2, 0.25) is 5.95 Å². The molecule has 1 aromatic carbocycles. The smallest absolute Gasteiger partial charge is 0.357 e. The molecule has 2 heterocycles. The summed E-state index contributed by atoms with van der Waals surface area (Å²) < 4.78 is 4.82. The van der Waals surface area contributed by atoms with Crippen LogP contribution in [0.3, 0.4) is 0 Å². The number of anilines is 2. The lowest BCUT2D eigenvalue weighted by Gasteiger charge is -2.19. The maximum Gasteiger partial charge on any atom is 0.357 e. The van der Waals surface area contributed by atoms with Crippen LogP contribution in [0.1, 0.15) is 21.7 Å². The number of aromatic nitrogens is 2. The van der Waals surface area contributed by atoms with Crippen molar-refractivity contribution in [2.75, 3.05) is 19.0 Å². The van der Waals surface area contributed by atoms with Gasteiger partial charge in [-0.2, -0.15) is 0 Å². The second-order valence-corrected chi connectivity index (χ2v) is 4.73. The van der Waals surface area contributed by atoms with Crippen LogP contribution in [-0.2, 0) is 17.7 Å². The van der Waals surface area contributed by atoms with E-state index in [1.165, 1.54) is 7.11 Å². The summed E-state index contributed by atoms with van der Waals surface area (Å²) in [7, 11) is 1.36. The maximum absolute atomic E-state index is 11.9. The Morgan fingerprint density at radius 3 is 2.86 bits per heavy atom. The van der Waals surface area contributed by atoms with Gasteiger partial charge in [-0.25, -0.2) is 14.8 Å². The van der Waals surface area contributed by atoms with Crippen LogP contribution in [0.25, 0.3) is 0 Å². The van der Waals surface area contributed by atoms with Crippen LogP contribution >= 0.6 is 0 Å². The predicted octanol–water partition coefficient (Wildman–Crippen LogP) is 1.65. The quantitative estimate of drug-likeness (QED) is 0.835. The molecule has 0 spiro atoms. The SMILES string of the molecule is COC(=O)c1nc(Nc2ccccc2)nc2c1CNCC2. The Labute approximate surface area is 122 Å². The van der Waals surface area contributed by atoms with Crippen molar-refractivity contribution >= 4 is 17.6 Å². The number of para-hydroxylation sites is 1. The average Bonchev–Trinajstić information content (AvgIpc) is 2.54. The van der Waals surface area contributed by atoms with Gasteiger partial charge in [0.05, 0.1) is 12.8 Å². The minimum Gasteiger partial charge on any atom is -0.464 e. The van der Waals surface area contributed by atoms with Crippen molar-refractivity contribution in [2.45, 2.75) is 13.0 Å². The molecule has 6 nitrogen and oxygen atoms in total. The van der Waals surface area contributed by atoms with Crippen molar-refractivity contribution in [3.05, 3.63) is 47.3 Å². The molecule has 6 heteroatoms. The standard InChI is InChI=1S/C15H16N4O2/c1-21-14(20)13-11-9-16-8-7-12(11)18-15(19-13)17-10-5-3-2-4-6-10/h2-6,16H,7-9H2,1H3,(H,17,18,19). The summed E-state index contributed by atoms with van der Waals surface area (Å²) >= 11 is 0. The van der Waals surface area contributed by atoms with Crippen LogP contribution in [0.4, 0.5) is 11.6 Å². The molecule has 0 fully saturated rings. The minimum atomic E-state index is -0.437. The molecule has 0 amide bonds. The molecule has 0 aliphatic carbocycles. The first kappa shape index (κ1) is 13.5. The number of esters is 1. The van der Waals surface area contributed by atoms with Crippen LogP contribution in [0.2, 0.25) is 0 Å². The first-order chi connectivity index (χ1) is 10.3. The number of rotatable bonds is 3. The largest absolute Gasteiger partial charge is 0.464 e. The molecule has 108 valence electrons. The predicted molar refractivity (Wildman–Crippen MR) is 78.5 cm³/mol. The van der Waals surface area contributed by atoms with E-state index >= 15 is 0 Å². The van der Waals surface area contributed by atoms with E-state index in [9.17, 15) is 4.79 Å². The Bertz CT molecular complexity index is 658. The Kier molecular flexibility index (Phi) is 3.79. The normalized spacial score (nSPS) is 13.4. The van der Waals surface area contributed by atoms with Gasteiger partial charge in [-0.3, -0.25) is 0 Å². The summed E-state index contributed by atoms with van der Waals surface area (Å²) in [6, 6.07) is 9.62. The van der Waals surface area contributed by atoms with E-state index in [2.05, 4.69) is 20.6 Å².